The van der Waals surface area contributed by atoms with Crippen LogP contribution in [0.25, 0.3) is 11.4 Å². The van der Waals surface area contributed by atoms with Crippen molar-refractivity contribution in [2.45, 2.75) is 20.8 Å². The van der Waals surface area contributed by atoms with Crippen LogP contribution in [0.5, 0.6) is 11.5 Å². The van der Waals surface area contributed by atoms with Crippen LogP contribution in [0, 0.1) is 6.92 Å². The molecular formula is C13H12N2O5. The van der Waals surface area contributed by atoms with Crippen LogP contribution < -0.4 is 9.47 Å². The Bertz CT molecular complexity index is 663. The second-order valence-electron chi connectivity index (χ2n) is 3.99. The molecule has 1 aromatic heterocycles. The monoisotopic (exact) mass is 276 g/mol. The molecule has 7 heteroatoms. The molecule has 0 saturated heterocycles. The number of esters is 2. The van der Waals surface area contributed by atoms with Crippen LogP contribution in [-0.2, 0) is 9.59 Å². The fourth-order valence-corrected chi connectivity index (χ4v) is 1.54. The van der Waals surface area contributed by atoms with Gasteiger partial charge in [-0.1, -0.05) is 5.16 Å². The molecule has 0 spiro atoms. The molecule has 0 aliphatic rings. The summed E-state index contributed by atoms with van der Waals surface area (Å²) in [7, 11) is 0. The Morgan fingerprint density at radius 3 is 2.30 bits per heavy atom. The molecule has 0 N–H and O–H groups in total. The van der Waals surface area contributed by atoms with Crippen molar-refractivity contribution in [2.75, 3.05) is 0 Å². The number of nitrogens with zero attached hydrogens (tertiary/aromatic N) is 2. The Hall–Kier alpha value is -2.70. The lowest BCUT2D eigenvalue weighted by molar-refractivity contribution is -0.134. The molecule has 7 nitrogen and oxygen atoms in total. The van der Waals surface area contributed by atoms with Crippen LogP contribution in [0.4, 0.5) is 0 Å². The molecule has 0 aliphatic heterocycles. The molecule has 20 heavy (non-hydrogen) atoms. The number of rotatable bonds is 3. The van der Waals surface area contributed by atoms with Crippen molar-refractivity contribution >= 4 is 11.9 Å². The van der Waals surface area contributed by atoms with E-state index in [1.165, 1.54) is 26.0 Å². The number of aryl methyl sites for hydroxylation is 1. The van der Waals surface area contributed by atoms with Crippen molar-refractivity contribution < 1.29 is 23.6 Å². The van der Waals surface area contributed by atoms with Crippen LogP contribution >= 0.6 is 0 Å². The molecule has 0 atom stereocenters. The zero-order chi connectivity index (χ0) is 14.7. The van der Waals surface area contributed by atoms with Crippen LogP contribution in [0.2, 0.25) is 0 Å². The van der Waals surface area contributed by atoms with Crippen LogP contribution in [0.15, 0.2) is 22.7 Å². The van der Waals surface area contributed by atoms with E-state index in [1.54, 1.807) is 13.0 Å². The molecule has 0 fully saturated rings. The molecule has 1 heterocycles. The number of aromatic nitrogens is 2. The smallest absolute Gasteiger partial charge is 0.308 e. The van der Waals surface area contributed by atoms with Gasteiger partial charge in [0.15, 0.2) is 11.5 Å². The van der Waals surface area contributed by atoms with Crippen molar-refractivity contribution in [3.63, 3.8) is 0 Å². The van der Waals surface area contributed by atoms with Gasteiger partial charge >= 0.3 is 11.9 Å². The van der Waals surface area contributed by atoms with E-state index in [1.807, 2.05) is 0 Å². The minimum Gasteiger partial charge on any atom is -0.423 e. The third-order valence-corrected chi connectivity index (χ3v) is 2.24. The van der Waals surface area contributed by atoms with Gasteiger partial charge in [0.25, 0.3) is 0 Å². The summed E-state index contributed by atoms with van der Waals surface area (Å²) in [6, 6.07) is 4.64. The highest BCUT2D eigenvalue weighted by Gasteiger charge is 2.14. The Labute approximate surface area is 114 Å². The van der Waals surface area contributed by atoms with Gasteiger partial charge < -0.3 is 14.0 Å². The number of carbonyl (C=O) groups excluding carboxylic acids is 2. The Balaban J connectivity index is 2.42. The maximum absolute atomic E-state index is 11.1. The normalized spacial score (nSPS) is 10.2. The molecule has 0 radical (unpaired) electrons. The molecule has 2 rings (SSSR count). The van der Waals surface area contributed by atoms with Gasteiger partial charge in [-0.25, -0.2) is 0 Å². The summed E-state index contributed by atoms with van der Waals surface area (Å²) >= 11 is 0. The second-order valence-corrected chi connectivity index (χ2v) is 3.99. The van der Waals surface area contributed by atoms with Crippen molar-refractivity contribution in [2.24, 2.45) is 0 Å². The minimum absolute atomic E-state index is 0.118. The summed E-state index contributed by atoms with van der Waals surface area (Å²) in [5.41, 5.74) is 0.578. The van der Waals surface area contributed by atoms with E-state index in [4.69, 9.17) is 14.0 Å². The van der Waals surface area contributed by atoms with E-state index < -0.39 is 11.9 Å². The maximum atomic E-state index is 11.1. The average molecular weight is 276 g/mol. The summed E-state index contributed by atoms with van der Waals surface area (Å²) in [6.45, 7) is 4.17. The molecule has 2 aromatic rings. The van der Waals surface area contributed by atoms with E-state index in [2.05, 4.69) is 10.1 Å². The summed E-state index contributed by atoms with van der Waals surface area (Å²) in [5, 5.41) is 3.76. The van der Waals surface area contributed by atoms with Crippen LogP contribution in [-0.4, -0.2) is 22.1 Å². The number of hydrogen-bond donors (Lipinski definition) is 0. The standard InChI is InChI=1S/C13H12N2O5/c1-7-14-13(15-20-7)10-4-5-11(18-8(2)16)12(6-10)19-9(3)17/h4-6H,1-3H3. The fourth-order valence-electron chi connectivity index (χ4n) is 1.54. The molecule has 104 valence electrons. The summed E-state index contributed by atoms with van der Waals surface area (Å²) in [5.74, 6) is -0.00546. The minimum atomic E-state index is -0.528. The lowest BCUT2D eigenvalue weighted by Crippen LogP contribution is -2.07. The summed E-state index contributed by atoms with van der Waals surface area (Å²) in [4.78, 5) is 26.2. The highest BCUT2D eigenvalue weighted by molar-refractivity contribution is 5.75. The zero-order valence-electron chi connectivity index (χ0n) is 11.2. The van der Waals surface area contributed by atoms with Crippen molar-refractivity contribution in [1.82, 2.24) is 10.1 Å². The summed E-state index contributed by atoms with van der Waals surface area (Å²) < 4.78 is 14.9. The molecule has 0 aliphatic carbocycles. The SMILES string of the molecule is CC(=O)Oc1ccc(-c2noc(C)n2)cc1OC(C)=O. The Morgan fingerprint density at radius 2 is 1.75 bits per heavy atom. The maximum Gasteiger partial charge on any atom is 0.308 e. The van der Waals surface area contributed by atoms with E-state index in [-0.39, 0.29) is 11.5 Å². The van der Waals surface area contributed by atoms with E-state index in [0.29, 0.717) is 17.3 Å². The van der Waals surface area contributed by atoms with Gasteiger partial charge in [-0.2, -0.15) is 4.98 Å². The van der Waals surface area contributed by atoms with Crippen molar-refractivity contribution in [1.29, 1.82) is 0 Å². The lowest BCUT2D eigenvalue weighted by Gasteiger charge is -2.09. The molecule has 0 unspecified atom stereocenters. The van der Waals surface area contributed by atoms with E-state index >= 15 is 0 Å². The third-order valence-electron chi connectivity index (χ3n) is 2.24. The number of benzene rings is 1. The molecule has 0 amide bonds. The van der Waals surface area contributed by atoms with Crippen LogP contribution in [0.3, 0.4) is 0 Å². The molecule has 1 aromatic carbocycles. The predicted molar refractivity (Wildman–Crippen MR) is 67.1 cm³/mol. The van der Waals surface area contributed by atoms with Crippen molar-refractivity contribution in [3.05, 3.63) is 24.1 Å². The van der Waals surface area contributed by atoms with Crippen LogP contribution in [0.1, 0.15) is 19.7 Å². The topological polar surface area (TPSA) is 91.5 Å². The molecule has 0 saturated carbocycles. The fraction of sp³-hybridized carbons (Fsp3) is 0.231. The third kappa shape index (κ3) is 3.19. The summed E-state index contributed by atoms with van der Waals surface area (Å²) in [6.07, 6.45) is 0. The first-order valence-electron chi connectivity index (χ1n) is 5.77. The zero-order valence-corrected chi connectivity index (χ0v) is 11.2. The van der Waals surface area contributed by atoms with Gasteiger partial charge in [-0.3, -0.25) is 9.59 Å². The average Bonchev–Trinajstić information content (AvgIpc) is 2.77. The Morgan fingerprint density at radius 1 is 1.10 bits per heavy atom. The molecule has 0 bridgehead atoms. The largest absolute Gasteiger partial charge is 0.423 e. The number of ether oxygens (including phenoxy) is 2. The first-order valence-corrected chi connectivity index (χ1v) is 5.77. The van der Waals surface area contributed by atoms with E-state index in [0.717, 1.165) is 0 Å². The van der Waals surface area contributed by atoms with E-state index in [9.17, 15) is 9.59 Å². The first kappa shape index (κ1) is 13.7. The molecular weight excluding hydrogens is 264 g/mol. The van der Waals surface area contributed by atoms with Gasteiger partial charge in [0, 0.05) is 26.3 Å². The highest BCUT2D eigenvalue weighted by Crippen LogP contribution is 2.32. The van der Waals surface area contributed by atoms with Gasteiger partial charge in [0.05, 0.1) is 0 Å². The second kappa shape index (κ2) is 5.52. The first-order chi connectivity index (χ1) is 9.45. The van der Waals surface area contributed by atoms with Crippen molar-refractivity contribution in [3.8, 4) is 22.9 Å². The van der Waals surface area contributed by atoms with Gasteiger partial charge in [0.1, 0.15) is 0 Å². The highest BCUT2D eigenvalue weighted by atomic mass is 16.6. The van der Waals surface area contributed by atoms with Gasteiger partial charge in [0.2, 0.25) is 11.7 Å². The number of carbonyl (C=O) groups is 2. The van der Waals surface area contributed by atoms with Gasteiger partial charge in [-0.15, -0.1) is 0 Å². The Kier molecular flexibility index (Phi) is 3.79. The quantitative estimate of drug-likeness (QED) is 0.624. The lowest BCUT2D eigenvalue weighted by atomic mass is 10.2. The number of hydrogen-bond acceptors (Lipinski definition) is 7. The predicted octanol–water partition coefficient (Wildman–Crippen LogP) is 1.90. The van der Waals surface area contributed by atoms with Gasteiger partial charge in [-0.05, 0) is 18.2 Å².